The van der Waals surface area contributed by atoms with Crippen LogP contribution < -0.4 is 0 Å². The Morgan fingerprint density at radius 3 is 2.53 bits per heavy atom. The Balaban J connectivity index is 1.97. The third-order valence-corrected chi connectivity index (χ3v) is 4.10. The molecule has 1 aliphatic heterocycles. The summed E-state index contributed by atoms with van der Waals surface area (Å²) in [4.78, 5) is 2.38. The number of piperidine rings is 1. The van der Waals surface area contributed by atoms with Gasteiger partial charge in [-0.3, -0.25) is 4.90 Å². The molecular formula is C16H19N3. The Kier molecular flexibility index (Phi) is 4.20. The highest BCUT2D eigenvalue weighted by Gasteiger charge is 2.29. The summed E-state index contributed by atoms with van der Waals surface area (Å²) in [6, 6.07) is 12.3. The van der Waals surface area contributed by atoms with Crippen molar-refractivity contribution in [1.29, 1.82) is 10.5 Å². The first-order valence-corrected chi connectivity index (χ1v) is 6.74. The normalized spacial score (nSPS) is 18.5. The lowest BCUT2D eigenvalue weighted by Gasteiger charge is -2.38. The lowest BCUT2D eigenvalue weighted by Crippen LogP contribution is -2.38. The molecule has 0 amide bonds. The number of likely N-dealkylation sites (tertiary alicyclic amines) is 1. The van der Waals surface area contributed by atoms with E-state index < -0.39 is 0 Å². The second-order valence-electron chi connectivity index (χ2n) is 5.69. The van der Waals surface area contributed by atoms with E-state index in [1.165, 1.54) is 0 Å². The van der Waals surface area contributed by atoms with Crippen LogP contribution in [-0.4, -0.2) is 18.0 Å². The van der Waals surface area contributed by atoms with Crippen molar-refractivity contribution in [1.82, 2.24) is 4.90 Å². The van der Waals surface area contributed by atoms with E-state index in [0.29, 0.717) is 6.42 Å². The van der Waals surface area contributed by atoms with Crippen molar-refractivity contribution in [2.24, 2.45) is 5.41 Å². The molecule has 19 heavy (non-hydrogen) atoms. The van der Waals surface area contributed by atoms with Gasteiger partial charge >= 0.3 is 0 Å². The first-order valence-electron chi connectivity index (χ1n) is 6.74. The SMILES string of the molecule is CC1(CC#N)CCN(Cc2ccccc2C#N)CC1. The first-order chi connectivity index (χ1) is 9.17. The second kappa shape index (κ2) is 5.87. The van der Waals surface area contributed by atoms with Crippen molar-refractivity contribution in [2.45, 2.75) is 32.7 Å². The summed E-state index contributed by atoms with van der Waals surface area (Å²) in [6.45, 7) is 5.07. The molecule has 0 aliphatic carbocycles. The monoisotopic (exact) mass is 253 g/mol. The molecule has 0 N–H and O–H groups in total. The Labute approximate surface area is 115 Å². The first kappa shape index (κ1) is 13.6. The van der Waals surface area contributed by atoms with Crippen LogP contribution in [0.1, 0.15) is 37.3 Å². The number of rotatable bonds is 3. The van der Waals surface area contributed by atoms with Gasteiger partial charge in [0, 0.05) is 13.0 Å². The minimum Gasteiger partial charge on any atom is -0.299 e. The number of nitrogens with zero attached hydrogens (tertiary/aromatic N) is 3. The van der Waals surface area contributed by atoms with Gasteiger partial charge in [0.2, 0.25) is 0 Å². The number of nitriles is 2. The summed E-state index contributed by atoms with van der Waals surface area (Å²) in [7, 11) is 0. The summed E-state index contributed by atoms with van der Waals surface area (Å²) >= 11 is 0. The summed E-state index contributed by atoms with van der Waals surface area (Å²) in [5, 5.41) is 17.9. The van der Waals surface area contributed by atoms with E-state index in [2.05, 4.69) is 24.0 Å². The molecular weight excluding hydrogens is 234 g/mol. The summed E-state index contributed by atoms with van der Waals surface area (Å²) in [5.41, 5.74) is 2.06. The van der Waals surface area contributed by atoms with Gasteiger partial charge in [0.25, 0.3) is 0 Å². The molecule has 0 bridgehead atoms. The van der Waals surface area contributed by atoms with Gasteiger partial charge in [-0.2, -0.15) is 10.5 Å². The molecule has 2 rings (SSSR count). The van der Waals surface area contributed by atoms with Gasteiger partial charge in [-0.05, 0) is 43.0 Å². The smallest absolute Gasteiger partial charge is 0.0995 e. The van der Waals surface area contributed by atoms with E-state index in [0.717, 1.165) is 43.6 Å². The third kappa shape index (κ3) is 3.34. The molecule has 1 heterocycles. The molecule has 0 saturated carbocycles. The van der Waals surface area contributed by atoms with Gasteiger partial charge in [-0.1, -0.05) is 25.1 Å². The Morgan fingerprint density at radius 1 is 1.21 bits per heavy atom. The van der Waals surface area contributed by atoms with Crippen molar-refractivity contribution in [3.63, 3.8) is 0 Å². The van der Waals surface area contributed by atoms with Gasteiger partial charge in [-0.25, -0.2) is 0 Å². The van der Waals surface area contributed by atoms with E-state index in [-0.39, 0.29) is 5.41 Å². The largest absolute Gasteiger partial charge is 0.299 e. The zero-order valence-electron chi connectivity index (χ0n) is 11.4. The highest BCUT2D eigenvalue weighted by atomic mass is 15.1. The lowest BCUT2D eigenvalue weighted by molar-refractivity contribution is 0.116. The highest BCUT2D eigenvalue weighted by Crippen LogP contribution is 2.34. The predicted molar refractivity (Wildman–Crippen MR) is 74.0 cm³/mol. The van der Waals surface area contributed by atoms with E-state index in [1.807, 2.05) is 24.3 Å². The van der Waals surface area contributed by atoms with E-state index in [4.69, 9.17) is 10.5 Å². The molecule has 0 aromatic heterocycles. The van der Waals surface area contributed by atoms with Gasteiger partial charge in [0.1, 0.15) is 0 Å². The molecule has 3 heteroatoms. The standard InChI is InChI=1S/C16H19N3/c1-16(6-9-17)7-10-19(11-8-16)13-15-5-3-2-4-14(15)12-18/h2-5H,6-8,10-11,13H2,1H3. The molecule has 0 radical (unpaired) electrons. The maximum absolute atomic E-state index is 9.10. The van der Waals surface area contributed by atoms with Crippen LogP contribution >= 0.6 is 0 Å². The fourth-order valence-electron chi connectivity index (χ4n) is 2.63. The third-order valence-electron chi connectivity index (χ3n) is 4.10. The summed E-state index contributed by atoms with van der Waals surface area (Å²) in [6.07, 6.45) is 2.78. The van der Waals surface area contributed by atoms with Crippen LogP contribution in [0.15, 0.2) is 24.3 Å². The molecule has 0 unspecified atom stereocenters. The van der Waals surface area contributed by atoms with Crippen molar-refractivity contribution in [3.05, 3.63) is 35.4 Å². The highest BCUT2D eigenvalue weighted by molar-refractivity contribution is 5.37. The Morgan fingerprint density at radius 2 is 1.89 bits per heavy atom. The molecule has 98 valence electrons. The van der Waals surface area contributed by atoms with Crippen LogP contribution in [0.5, 0.6) is 0 Å². The van der Waals surface area contributed by atoms with Gasteiger partial charge in [0.05, 0.1) is 17.7 Å². The minimum absolute atomic E-state index is 0.181. The van der Waals surface area contributed by atoms with Crippen LogP contribution in [0.4, 0.5) is 0 Å². The lowest BCUT2D eigenvalue weighted by atomic mass is 9.78. The second-order valence-corrected chi connectivity index (χ2v) is 5.69. The molecule has 1 aromatic rings. The molecule has 0 spiro atoms. The molecule has 1 fully saturated rings. The molecule has 0 atom stereocenters. The number of benzene rings is 1. The minimum atomic E-state index is 0.181. The molecule has 1 aliphatic rings. The van der Waals surface area contributed by atoms with Gasteiger partial charge < -0.3 is 0 Å². The number of hydrogen-bond acceptors (Lipinski definition) is 3. The zero-order chi connectivity index (χ0) is 13.7. The maximum Gasteiger partial charge on any atom is 0.0995 e. The molecule has 1 aromatic carbocycles. The average molecular weight is 253 g/mol. The van der Waals surface area contributed by atoms with Crippen LogP contribution in [0.2, 0.25) is 0 Å². The predicted octanol–water partition coefficient (Wildman–Crippen LogP) is 3.07. The van der Waals surface area contributed by atoms with Crippen molar-refractivity contribution < 1.29 is 0 Å². The average Bonchev–Trinajstić information content (AvgIpc) is 2.42. The summed E-state index contributed by atoms with van der Waals surface area (Å²) < 4.78 is 0. The van der Waals surface area contributed by atoms with Gasteiger partial charge in [-0.15, -0.1) is 0 Å². The molecule has 1 saturated heterocycles. The quantitative estimate of drug-likeness (QED) is 0.831. The van der Waals surface area contributed by atoms with E-state index in [1.54, 1.807) is 0 Å². The summed E-state index contributed by atoms with van der Waals surface area (Å²) in [5.74, 6) is 0. The van der Waals surface area contributed by atoms with Crippen molar-refractivity contribution in [2.75, 3.05) is 13.1 Å². The van der Waals surface area contributed by atoms with Crippen LogP contribution in [0.3, 0.4) is 0 Å². The Hall–Kier alpha value is -1.84. The Bertz CT molecular complexity index is 514. The fourth-order valence-corrected chi connectivity index (χ4v) is 2.63. The fraction of sp³-hybridized carbons (Fsp3) is 0.500. The van der Waals surface area contributed by atoms with Gasteiger partial charge in [0.15, 0.2) is 0 Å². The molecule has 3 nitrogen and oxygen atoms in total. The topological polar surface area (TPSA) is 50.8 Å². The van der Waals surface area contributed by atoms with Crippen molar-refractivity contribution in [3.8, 4) is 12.1 Å². The van der Waals surface area contributed by atoms with Crippen LogP contribution in [0.25, 0.3) is 0 Å². The van der Waals surface area contributed by atoms with Crippen molar-refractivity contribution >= 4 is 0 Å². The van der Waals surface area contributed by atoms with E-state index in [9.17, 15) is 0 Å². The maximum atomic E-state index is 9.10. The number of hydrogen-bond donors (Lipinski definition) is 0. The van der Waals surface area contributed by atoms with Crippen LogP contribution in [-0.2, 0) is 6.54 Å². The van der Waals surface area contributed by atoms with E-state index >= 15 is 0 Å². The van der Waals surface area contributed by atoms with Crippen LogP contribution in [0, 0.1) is 28.1 Å². The zero-order valence-corrected chi connectivity index (χ0v) is 11.4.